The Bertz CT molecular complexity index is 576. The number of rotatable bonds is 3. The van der Waals surface area contributed by atoms with Gasteiger partial charge in [0.25, 0.3) is 0 Å². The van der Waals surface area contributed by atoms with E-state index in [-0.39, 0.29) is 23.8 Å². The summed E-state index contributed by atoms with van der Waals surface area (Å²) in [6, 6.07) is 7.86. The van der Waals surface area contributed by atoms with Gasteiger partial charge in [-0.2, -0.15) is 0 Å². The molecule has 0 radical (unpaired) electrons. The third kappa shape index (κ3) is 3.16. The van der Waals surface area contributed by atoms with Crippen LogP contribution in [0.25, 0.3) is 0 Å². The zero-order valence-corrected chi connectivity index (χ0v) is 12.5. The van der Waals surface area contributed by atoms with Crippen molar-refractivity contribution in [3.8, 4) is 5.75 Å². The quantitative estimate of drug-likeness (QED) is 0.864. The Labute approximate surface area is 129 Å². The third-order valence-corrected chi connectivity index (χ3v) is 4.38. The number of nitrogens with zero attached hydrogens (tertiary/aromatic N) is 1. The minimum Gasteiger partial charge on any atom is -0.493 e. The van der Waals surface area contributed by atoms with Crippen LogP contribution < -0.4 is 15.8 Å². The van der Waals surface area contributed by atoms with Crippen molar-refractivity contribution >= 4 is 11.9 Å². The highest BCUT2D eigenvalue weighted by Gasteiger charge is 2.30. The third-order valence-electron chi connectivity index (χ3n) is 4.38. The molecule has 6 heteroatoms. The minimum atomic E-state index is -0.326. The van der Waals surface area contributed by atoms with Crippen LogP contribution in [0.15, 0.2) is 24.3 Å². The van der Waals surface area contributed by atoms with Crippen molar-refractivity contribution in [3.63, 3.8) is 0 Å². The molecular formula is C16H21N3O3. The van der Waals surface area contributed by atoms with E-state index in [1.807, 2.05) is 18.2 Å². The van der Waals surface area contributed by atoms with Crippen LogP contribution in [0.1, 0.15) is 12.0 Å². The first-order valence-electron chi connectivity index (χ1n) is 7.66. The van der Waals surface area contributed by atoms with E-state index < -0.39 is 0 Å². The van der Waals surface area contributed by atoms with E-state index in [2.05, 4.69) is 11.4 Å². The minimum absolute atomic E-state index is 0.123. The lowest BCUT2D eigenvalue weighted by Crippen LogP contribution is -2.43. The fourth-order valence-electron chi connectivity index (χ4n) is 3.04. The Morgan fingerprint density at radius 1 is 1.36 bits per heavy atom. The second kappa shape index (κ2) is 6.25. The maximum Gasteiger partial charge on any atom is 0.317 e. The Morgan fingerprint density at radius 2 is 2.18 bits per heavy atom. The average molecular weight is 303 g/mol. The first-order chi connectivity index (χ1) is 10.6. The number of para-hydroxylation sites is 1. The first-order valence-corrected chi connectivity index (χ1v) is 7.66. The van der Waals surface area contributed by atoms with E-state index in [4.69, 9.17) is 10.5 Å². The maximum atomic E-state index is 12.1. The number of carbonyl (C=O) groups is 2. The molecule has 1 saturated heterocycles. The van der Waals surface area contributed by atoms with Gasteiger partial charge in [-0.15, -0.1) is 0 Å². The highest BCUT2D eigenvalue weighted by molar-refractivity contribution is 5.80. The lowest BCUT2D eigenvalue weighted by atomic mass is 9.97. The molecule has 0 aliphatic carbocycles. The van der Waals surface area contributed by atoms with E-state index in [1.54, 1.807) is 4.90 Å². The van der Waals surface area contributed by atoms with Gasteiger partial charge in [0.05, 0.1) is 12.5 Å². The average Bonchev–Trinajstić information content (AvgIpc) is 3.03. The Balaban J connectivity index is 1.47. The molecule has 3 amide bonds. The molecule has 3 N–H and O–H groups in total. The molecule has 6 nitrogen and oxygen atoms in total. The van der Waals surface area contributed by atoms with Crippen molar-refractivity contribution in [3.05, 3.63) is 29.8 Å². The van der Waals surface area contributed by atoms with Crippen LogP contribution in [0.5, 0.6) is 5.75 Å². The number of benzene rings is 1. The molecule has 2 aliphatic rings. The number of nitrogens with one attached hydrogen (secondary N) is 1. The Morgan fingerprint density at radius 3 is 2.95 bits per heavy atom. The van der Waals surface area contributed by atoms with E-state index in [9.17, 15) is 9.59 Å². The summed E-state index contributed by atoms with van der Waals surface area (Å²) in [4.78, 5) is 24.9. The molecule has 1 aromatic carbocycles. The standard InChI is InChI=1S/C16H21N3O3/c17-15(20)13-5-6-19(9-13)16(21)18-8-11-7-12-3-1-2-4-14(12)22-10-11/h1-4,11,13H,5-10H2,(H2,17,20)(H,18,21). The summed E-state index contributed by atoms with van der Waals surface area (Å²) in [5.74, 6) is 0.672. The normalized spacial score (nSPS) is 23.5. The van der Waals surface area contributed by atoms with E-state index in [0.717, 1.165) is 12.2 Å². The molecule has 1 aromatic rings. The lowest BCUT2D eigenvalue weighted by Gasteiger charge is -2.26. The number of urea groups is 1. The summed E-state index contributed by atoms with van der Waals surface area (Å²) in [6.45, 7) is 2.20. The van der Waals surface area contributed by atoms with Crippen molar-refractivity contribution < 1.29 is 14.3 Å². The fraction of sp³-hybridized carbons (Fsp3) is 0.500. The number of ether oxygens (including phenoxy) is 1. The van der Waals surface area contributed by atoms with Gasteiger partial charge in [0.1, 0.15) is 5.75 Å². The molecule has 22 heavy (non-hydrogen) atoms. The van der Waals surface area contributed by atoms with Gasteiger partial charge in [-0.3, -0.25) is 4.79 Å². The van der Waals surface area contributed by atoms with Crippen LogP contribution >= 0.6 is 0 Å². The number of nitrogens with two attached hydrogens (primary N) is 1. The van der Waals surface area contributed by atoms with Crippen LogP contribution in [0.3, 0.4) is 0 Å². The fourth-order valence-corrected chi connectivity index (χ4v) is 3.04. The maximum absolute atomic E-state index is 12.1. The first kappa shape index (κ1) is 14.7. The summed E-state index contributed by atoms with van der Waals surface area (Å²) in [5, 5.41) is 2.94. The number of hydrogen-bond donors (Lipinski definition) is 2. The molecule has 0 bridgehead atoms. The van der Waals surface area contributed by atoms with Gasteiger partial charge in [0.2, 0.25) is 5.91 Å². The summed E-state index contributed by atoms with van der Waals surface area (Å²) in [7, 11) is 0. The highest BCUT2D eigenvalue weighted by atomic mass is 16.5. The van der Waals surface area contributed by atoms with Crippen molar-refractivity contribution in [1.82, 2.24) is 10.2 Å². The summed E-state index contributed by atoms with van der Waals surface area (Å²) < 4.78 is 5.72. The summed E-state index contributed by atoms with van der Waals surface area (Å²) in [5.41, 5.74) is 6.47. The van der Waals surface area contributed by atoms with E-state index in [0.29, 0.717) is 32.7 Å². The molecular weight excluding hydrogens is 282 g/mol. The highest BCUT2D eigenvalue weighted by Crippen LogP contribution is 2.26. The number of primary amides is 1. The van der Waals surface area contributed by atoms with Crippen LogP contribution in [0, 0.1) is 11.8 Å². The molecule has 2 atom stereocenters. The molecule has 0 spiro atoms. The van der Waals surface area contributed by atoms with Gasteiger partial charge in [-0.1, -0.05) is 18.2 Å². The smallest absolute Gasteiger partial charge is 0.317 e. The zero-order valence-electron chi connectivity index (χ0n) is 12.5. The molecule has 2 unspecified atom stereocenters. The molecule has 118 valence electrons. The molecule has 1 fully saturated rings. The van der Waals surface area contributed by atoms with Gasteiger partial charge in [0, 0.05) is 25.6 Å². The number of likely N-dealkylation sites (tertiary alicyclic amines) is 1. The molecule has 2 aliphatic heterocycles. The van der Waals surface area contributed by atoms with Crippen LogP contribution in [0.2, 0.25) is 0 Å². The summed E-state index contributed by atoms with van der Waals surface area (Å²) >= 11 is 0. The second-order valence-corrected chi connectivity index (χ2v) is 6.01. The van der Waals surface area contributed by atoms with Gasteiger partial charge >= 0.3 is 6.03 Å². The Kier molecular flexibility index (Phi) is 4.18. The van der Waals surface area contributed by atoms with Crippen molar-refractivity contribution in [2.45, 2.75) is 12.8 Å². The van der Waals surface area contributed by atoms with Crippen LogP contribution in [-0.4, -0.2) is 43.1 Å². The topological polar surface area (TPSA) is 84.7 Å². The monoisotopic (exact) mass is 303 g/mol. The van der Waals surface area contributed by atoms with Crippen molar-refractivity contribution in [2.75, 3.05) is 26.2 Å². The van der Waals surface area contributed by atoms with Crippen molar-refractivity contribution in [2.24, 2.45) is 17.6 Å². The zero-order chi connectivity index (χ0) is 15.5. The second-order valence-electron chi connectivity index (χ2n) is 6.01. The number of amides is 3. The van der Waals surface area contributed by atoms with Crippen molar-refractivity contribution in [1.29, 1.82) is 0 Å². The molecule has 2 heterocycles. The van der Waals surface area contributed by atoms with Gasteiger partial charge in [-0.25, -0.2) is 4.79 Å². The molecule has 3 rings (SSSR count). The van der Waals surface area contributed by atoms with Crippen LogP contribution in [0.4, 0.5) is 4.79 Å². The molecule has 0 saturated carbocycles. The number of fused-ring (bicyclic) bond motifs is 1. The van der Waals surface area contributed by atoms with E-state index >= 15 is 0 Å². The van der Waals surface area contributed by atoms with Gasteiger partial charge < -0.3 is 20.7 Å². The summed E-state index contributed by atoms with van der Waals surface area (Å²) in [6.07, 6.45) is 1.56. The SMILES string of the molecule is NC(=O)C1CCN(C(=O)NCC2COc3ccccc3C2)C1. The molecule has 0 aromatic heterocycles. The number of hydrogen-bond acceptors (Lipinski definition) is 3. The van der Waals surface area contributed by atoms with Gasteiger partial charge in [0.15, 0.2) is 0 Å². The van der Waals surface area contributed by atoms with E-state index in [1.165, 1.54) is 5.56 Å². The Hall–Kier alpha value is -2.24. The predicted molar refractivity (Wildman–Crippen MR) is 81.4 cm³/mol. The lowest BCUT2D eigenvalue weighted by molar-refractivity contribution is -0.121. The largest absolute Gasteiger partial charge is 0.493 e. The predicted octanol–water partition coefficient (Wildman–Crippen LogP) is 0.754. The van der Waals surface area contributed by atoms with Gasteiger partial charge in [-0.05, 0) is 24.5 Å². The number of carbonyl (C=O) groups excluding carboxylic acids is 2. The van der Waals surface area contributed by atoms with Crippen LogP contribution in [-0.2, 0) is 11.2 Å².